The number of carbonyl (C=O) groups is 9. The summed E-state index contributed by atoms with van der Waals surface area (Å²) in [5.74, 6) is -0.997. The average Bonchev–Trinajstić information content (AvgIpc) is 4.25. The van der Waals surface area contributed by atoms with Crippen LogP contribution in [0.5, 0.6) is 0 Å². The maximum atomic E-state index is 12.8. The molecule has 6 aromatic rings. The second-order valence-corrected chi connectivity index (χ2v) is 20.4. The van der Waals surface area contributed by atoms with E-state index in [1.165, 1.54) is 20.8 Å². The lowest BCUT2D eigenvalue weighted by molar-refractivity contribution is -0.128. The molecule has 0 aliphatic rings. The number of nitrogens with one attached hydrogen (secondary N) is 9. The number of carbonyl (C=O) groups excluding carboxylic acids is 9. The van der Waals surface area contributed by atoms with Gasteiger partial charge in [-0.25, -0.2) is 14.4 Å². The lowest BCUT2D eigenvalue weighted by atomic mass is 9.89. The van der Waals surface area contributed by atoms with E-state index in [0.29, 0.717) is 77.4 Å². The summed E-state index contributed by atoms with van der Waals surface area (Å²) in [6.07, 6.45) is 11.5. The van der Waals surface area contributed by atoms with Crippen molar-refractivity contribution in [3.63, 3.8) is 0 Å². The summed E-state index contributed by atoms with van der Waals surface area (Å²) in [5, 5.41) is 20.1. The van der Waals surface area contributed by atoms with Gasteiger partial charge in [0.05, 0.1) is 18.1 Å². The Morgan fingerprint density at radius 1 is 0.407 bits per heavy atom. The van der Waals surface area contributed by atoms with Gasteiger partial charge in [0.2, 0.25) is 0 Å². The van der Waals surface area contributed by atoms with E-state index in [0.717, 1.165) is 49.4 Å². The van der Waals surface area contributed by atoms with Gasteiger partial charge in [0, 0.05) is 108 Å². The van der Waals surface area contributed by atoms with Gasteiger partial charge in [-0.05, 0) is 135 Å². The first-order valence-electron chi connectivity index (χ1n) is 27.6. The highest BCUT2D eigenvalue weighted by molar-refractivity contribution is 5.93. The van der Waals surface area contributed by atoms with Crippen molar-refractivity contribution in [2.24, 2.45) is 35.0 Å². The van der Waals surface area contributed by atoms with Gasteiger partial charge in [-0.1, -0.05) is 54.6 Å². The molecule has 0 spiro atoms. The number of hydrogen-bond acceptors (Lipinski definition) is 12. The SMILES string of the molecule is CN[C@@H](Cc1c[nH]c2ccccc12)C(=O)C[C@@H](CCCNC(N)=O)C(C)=O.CN[C@@H](Cc1c[nH]c2ccccc12)C(=O)C[C@H](CCCNC(N)=O)C(C)=O.CN[C@H](Cc1c[nH]c2ccccc12)C(=O)C[C@@H](CCCNC(N)=O)C(C)=O. The van der Waals surface area contributed by atoms with Crippen molar-refractivity contribution in [3.05, 3.63) is 108 Å². The van der Waals surface area contributed by atoms with E-state index in [4.69, 9.17) is 17.2 Å². The first-order valence-corrected chi connectivity index (χ1v) is 27.6. The van der Waals surface area contributed by atoms with E-state index in [2.05, 4.69) is 46.9 Å². The molecular weight excluding hydrogens is 1030 g/mol. The zero-order valence-electron chi connectivity index (χ0n) is 47.6. The fourth-order valence-electron chi connectivity index (χ4n) is 9.87. The molecule has 0 unspecified atom stereocenters. The summed E-state index contributed by atoms with van der Waals surface area (Å²) in [5.41, 5.74) is 21.4. The topological polar surface area (TPSA) is 351 Å². The number of hydrogen-bond donors (Lipinski definition) is 12. The molecule has 0 aliphatic carbocycles. The van der Waals surface area contributed by atoms with Crippen LogP contribution < -0.4 is 49.1 Å². The number of rotatable bonds is 33. The number of amides is 6. The van der Waals surface area contributed by atoms with Gasteiger partial charge in [-0.3, -0.25) is 28.8 Å². The molecule has 3 heterocycles. The normalized spacial score (nSPS) is 13.3. The lowest BCUT2D eigenvalue weighted by Gasteiger charge is -2.19. The molecule has 6 rings (SSSR count). The van der Waals surface area contributed by atoms with Crippen LogP contribution in [-0.2, 0) is 48.0 Å². The van der Waals surface area contributed by atoms with Gasteiger partial charge in [0.15, 0.2) is 17.3 Å². The second-order valence-electron chi connectivity index (χ2n) is 20.4. The first kappa shape index (κ1) is 65.5. The number of Topliss-reactive ketones (excluding diaryl/α,β-unsaturated/α-hetero) is 6. The van der Waals surface area contributed by atoms with Crippen LogP contribution in [0.2, 0.25) is 0 Å². The van der Waals surface area contributed by atoms with Crippen LogP contribution in [0.15, 0.2) is 91.4 Å². The van der Waals surface area contributed by atoms with Gasteiger partial charge < -0.3 is 64.1 Å². The average molecular weight is 1120 g/mol. The van der Waals surface area contributed by atoms with Crippen molar-refractivity contribution in [3.8, 4) is 0 Å². The third-order valence-electron chi connectivity index (χ3n) is 14.7. The molecule has 6 atom stereocenters. The number of H-pyrrole nitrogens is 3. The van der Waals surface area contributed by atoms with Crippen molar-refractivity contribution >= 4 is 85.5 Å². The molecule has 3 aromatic carbocycles. The minimum Gasteiger partial charge on any atom is -0.361 e. The summed E-state index contributed by atoms with van der Waals surface area (Å²) in [4.78, 5) is 116. The van der Waals surface area contributed by atoms with Crippen LogP contribution in [-0.4, -0.2) is 127 Å². The van der Waals surface area contributed by atoms with E-state index in [-0.39, 0.29) is 89.8 Å². The minimum absolute atomic E-state index is 0.00984. The fourth-order valence-corrected chi connectivity index (χ4v) is 9.87. The molecule has 3 aromatic heterocycles. The number of likely N-dealkylation sites (N-methyl/N-ethyl adjacent to an activating group) is 3. The number of aromatic amines is 3. The molecule has 21 nitrogen and oxygen atoms in total. The van der Waals surface area contributed by atoms with Crippen molar-refractivity contribution in [1.29, 1.82) is 0 Å². The van der Waals surface area contributed by atoms with Crippen LogP contribution in [0.3, 0.4) is 0 Å². The van der Waals surface area contributed by atoms with Gasteiger partial charge in [-0.15, -0.1) is 0 Å². The maximum absolute atomic E-state index is 12.8. The van der Waals surface area contributed by atoms with Crippen molar-refractivity contribution in [2.45, 2.75) is 116 Å². The Labute approximate surface area is 473 Å². The number of para-hydroxylation sites is 3. The Bertz CT molecular complexity index is 2720. The smallest absolute Gasteiger partial charge is 0.312 e. The van der Waals surface area contributed by atoms with Gasteiger partial charge in [-0.2, -0.15) is 0 Å². The maximum Gasteiger partial charge on any atom is 0.312 e. The van der Waals surface area contributed by atoms with Crippen LogP contribution in [0.1, 0.15) is 95.2 Å². The van der Waals surface area contributed by atoms with Crippen LogP contribution in [0, 0.1) is 17.8 Å². The number of benzene rings is 3. The van der Waals surface area contributed by atoms with Gasteiger partial charge in [0.1, 0.15) is 17.3 Å². The molecule has 15 N–H and O–H groups in total. The standard InChI is InChI=1S/3C20H28N4O3/c3*1-13(25)14(6-5-9-23-20(21)27)11-19(26)18(22-2)10-15-12-24-17-8-4-3-7-16(15)17/h3*3-4,7-8,12,14,18,22,24H,5-6,9-11H2,1-2H3,(H3,21,23,27)/t14-,18+;2*14-,18-/m110/s1. The van der Waals surface area contributed by atoms with E-state index in [9.17, 15) is 43.2 Å². The number of ketones is 6. The van der Waals surface area contributed by atoms with E-state index >= 15 is 0 Å². The third kappa shape index (κ3) is 21.9. The van der Waals surface area contributed by atoms with Crippen molar-refractivity contribution in [2.75, 3.05) is 40.8 Å². The quantitative estimate of drug-likeness (QED) is 0.0220. The number of urea groups is 3. The highest BCUT2D eigenvalue weighted by Crippen LogP contribution is 2.24. The van der Waals surface area contributed by atoms with Crippen molar-refractivity contribution < 1.29 is 43.2 Å². The highest BCUT2D eigenvalue weighted by atomic mass is 16.2. The summed E-state index contributed by atoms with van der Waals surface area (Å²) < 4.78 is 0. The fraction of sp³-hybridized carbons (Fsp3) is 0.450. The molecule has 438 valence electrons. The zero-order valence-corrected chi connectivity index (χ0v) is 47.6. The third-order valence-corrected chi connectivity index (χ3v) is 14.7. The monoisotopic (exact) mass is 1120 g/mol. The first-order chi connectivity index (χ1) is 38.8. The van der Waals surface area contributed by atoms with E-state index in [1.807, 2.05) is 91.4 Å². The molecule has 0 saturated heterocycles. The van der Waals surface area contributed by atoms with Gasteiger partial charge >= 0.3 is 18.1 Å². The Hall–Kier alpha value is -8.01. The summed E-state index contributed by atoms with van der Waals surface area (Å²) in [6, 6.07) is 21.1. The highest BCUT2D eigenvalue weighted by Gasteiger charge is 2.27. The number of nitrogens with two attached hydrogens (primary N) is 3. The lowest BCUT2D eigenvalue weighted by Crippen LogP contribution is -2.38. The molecule has 6 amide bonds. The predicted octanol–water partition coefficient (Wildman–Crippen LogP) is 5.73. The zero-order chi connectivity index (χ0) is 59.4. The molecule has 21 heteroatoms. The molecule has 81 heavy (non-hydrogen) atoms. The Kier molecular flexibility index (Phi) is 27.7. The predicted molar refractivity (Wildman–Crippen MR) is 316 cm³/mol. The molecule has 0 saturated carbocycles. The number of primary amides is 3. The molecule has 0 aliphatic heterocycles. The summed E-state index contributed by atoms with van der Waals surface area (Å²) in [7, 11) is 5.28. The minimum atomic E-state index is -0.584. The second kappa shape index (κ2) is 34.2. The number of aromatic nitrogens is 3. The molecule has 0 radical (unpaired) electrons. The summed E-state index contributed by atoms with van der Waals surface area (Å²) in [6.45, 7) is 5.73. The van der Waals surface area contributed by atoms with Crippen LogP contribution in [0.25, 0.3) is 32.7 Å². The molecule has 0 fully saturated rings. The van der Waals surface area contributed by atoms with Crippen LogP contribution >= 0.6 is 0 Å². The molecule has 0 bridgehead atoms. The van der Waals surface area contributed by atoms with E-state index in [1.54, 1.807) is 21.1 Å². The summed E-state index contributed by atoms with van der Waals surface area (Å²) >= 11 is 0. The molecular formula is C60H84N12O9. The van der Waals surface area contributed by atoms with Gasteiger partial charge in [0.25, 0.3) is 0 Å². The largest absolute Gasteiger partial charge is 0.361 e. The Morgan fingerprint density at radius 3 is 0.877 bits per heavy atom. The Morgan fingerprint density at radius 2 is 0.654 bits per heavy atom. The number of fused-ring (bicyclic) bond motifs is 3. The van der Waals surface area contributed by atoms with Crippen LogP contribution in [0.4, 0.5) is 14.4 Å². The Balaban J connectivity index is 0.000000261. The van der Waals surface area contributed by atoms with Crippen molar-refractivity contribution in [1.82, 2.24) is 46.9 Å². The van der Waals surface area contributed by atoms with E-state index < -0.39 is 18.1 Å².